The van der Waals surface area contributed by atoms with Crippen molar-refractivity contribution in [2.75, 3.05) is 31.1 Å². The maximum atomic E-state index is 5.50. The van der Waals surface area contributed by atoms with E-state index < -0.39 is 0 Å². The number of rotatable bonds is 3. The quantitative estimate of drug-likeness (QED) is 0.830. The van der Waals surface area contributed by atoms with Gasteiger partial charge in [-0.15, -0.1) is 0 Å². The van der Waals surface area contributed by atoms with Crippen LogP contribution in [-0.2, 0) is 6.54 Å². The largest absolute Gasteiger partial charge is 0.445 e. The second kappa shape index (κ2) is 5.03. The van der Waals surface area contributed by atoms with Crippen LogP contribution in [0.15, 0.2) is 16.9 Å². The highest BCUT2D eigenvalue weighted by atomic mass is 32.1. The first-order valence-electron chi connectivity index (χ1n) is 5.96. The van der Waals surface area contributed by atoms with Crippen molar-refractivity contribution in [1.82, 2.24) is 19.2 Å². The van der Waals surface area contributed by atoms with Gasteiger partial charge >= 0.3 is 0 Å². The Balaban J connectivity index is 1.54. The standard InChI is InChI=1S/C11H15N5OS/c1-9-12-6-10(17-9)7-15-2-4-16(5-3-15)11-13-8-14-18-11/h6,8H,2-5,7H2,1H3. The highest BCUT2D eigenvalue weighted by Gasteiger charge is 2.19. The minimum Gasteiger partial charge on any atom is -0.445 e. The highest BCUT2D eigenvalue weighted by Crippen LogP contribution is 2.17. The first-order valence-corrected chi connectivity index (χ1v) is 6.74. The molecule has 96 valence electrons. The molecule has 0 unspecified atom stereocenters. The summed E-state index contributed by atoms with van der Waals surface area (Å²) in [6, 6.07) is 0. The Labute approximate surface area is 109 Å². The third-order valence-corrected chi connectivity index (χ3v) is 3.77. The lowest BCUT2D eigenvalue weighted by Gasteiger charge is -2.33. The van der Waals surface area contributed by atoms with Crippen LogP contribution in [-0.4, -0.2) is 45.4 Å². The van der Waals surface area contributed by atoms with Crippen LogP contribution in [0.1, 0.15) is 11.7 Å². The van der Waals surface area contributed by atoms with Gasteiger partial charge in [0.05, 0.1) is 12.7 Å². The molecule has 0 aliphatic carbocycles. The number of anilines is 1. The van der Waals surface area contributed by atoms with Gasteiger partial charge in [0.15, 0.2) is 5.89 Å². The Morgan fingerprint density at radius 3 is 2.72 bits per heavy atom. The summed E-state index contributed by atoms with van der Waals surface area (Å²) < 4.78 is 9.54. The Morgan fingerprint density at radius 2 is 2.11 bits per heavy atom. The highest BCUT2D eigenvalue weighted by molar-refractivity contribution is 7.09. The van der Waals surface area contributed by atoms with E-state index in [4.69, 9.17) is 4.42 Å². The number of hydrogen-bond donors (Lipinski definition) is 0. The van der Waals surface area contributed by atoms with Crippen molar-refractivity contribution < 1.29 is 4.42 Å². The molecular formula is C11H15N5OS. The normalized spacial score (nSPS) is 17.3. The van der Waals surface area contributed by atoms with E-state index in [0.29, 0.717) is 0 Å². The van der Waals surface area contributed by atoms with Crippen molar-refractivity contribution in [3.05, 3.63) is 24.2 Å². The van der Waals surface area contributed by atoms with E-state index in [1.807, 2.05) is 13.1 Å². The predicted molar refractivity (Wildman–Crippen MR) is 68.6 cm³/mol. The third kappa shape index (κ3) is 2.51. The molecule has 18 heavy (non-hydrogen) atoms. The van der Waals surface area contributed by atoms with Crippen LogP contribution in [0.4, 0.5) is 5.13 Å². The van der Waals surface area contributed by atoms with Crippen molar-refractivity contribution in [2.45, 2.75) is 13.5 Å². The fourth-order valence-electron chi connectivity index (χ4n) is 2.10. The molecule has 1 aliphatic heterocycles. The Hall–Kier alpha value is -1.47. The van der Waals surface area contributed by atoms with Crippen LogP contribution in [0.5, 0.6) is 0 Å². The minimum absolute atomic E-state index is 0.734. The molecule has 0 amide bonds. The van der Waals surface area contributed by atoms with E-state index in [0.717, 1.165) is 49.5 Å². The molecule has 0 spiro atoms. The third-order valence-electron chi connectivity index (χ3n) is 3.04. The van der Waals surface area contributed by atoms with Gasteiger partial charge in [0.25, 0.3) is 0 Å². The number of nitrogens with zero attached hydrogens (tertiary/aromatic N) is 5. The fourth-order valence-corrected chi connectivity index (χ4v) is 2.68. The minimum atomic E-state index is 0.734. The van der Waals surface area contributed by atoms with Gasteiger partial charge in [0.1, 0.15) is 12.1 Å². The van der Waals surface area contributed by atoms with E-state index in [9.17, 15) is 0 Å². The zero-order valence-corrected chi connectivity index (χ0v) is 11.1. The van der Waals surface area contributed by atoms with Crippen LogP contribution < -0.4 is 4.90 Å². The SMILES string of the molecule is Cc1ncc(CN2CCN(c3ncns3)CC2)o1. The summed E-state index contributed by atoms with van der Waals surface area (Å²) in [5.41, 5.74) is 0. The van der Waals surface area contributed by atoms with Gasteiger partial charge in [-0.1, -0.05) is 0 Å². The molecule has 1 aliphatic rings. The van der Waals surface area contributed by atoms with Crippen molar-refractivity contribution in [3.63, 3.8) is 0 Å². The summed E-state index contributed by atoms with van der Waals surface area (Å²) in [5.74, 6) is 1.68. The molecule has 0 saturated carbocycles. The molecule has 2 aromatic rings. The molecule has 1 fully saturated rings. The number of hydrogen-bond acceptors (Lipinski definition) is 7. The van der Waals surface area contributed by atoms with Crippen molar-refractivity contribution in [3.8, 4) is 0 Å². The number of piperazine rings is 1. The molecule has 1 saturated heterocycles. The maximum Gasteiger partial charge on any atom is 0.205 e. The van der Waals surface area contributed by atoms with E-state index >= 15 is 0 Å². The van der Waals surface area contributed by atoms with E-state index in [1.54, 1.807) is 6.33 Å². The van der Waals surface area contributed by atoms with Crippen LogP contribution in [0.3, 0.4) is 0 Å². The number of aryl methyl sites for hydroxylation is 1. The van der Waals surface area contributed by atoms with Gasteiger partial charge in [-0.2, -0.15) is 4.37 Å². The van der Waals surface area contributed by atoms with Crippen molar-refractivity contribution >= 4 is 16.7 Å². The van der Waals surface area contributed by atoms with Gasteiger partial charge in [0, 0.05) is 44.6 Å². The van der Waals surface area contributed by atoms with E-state index in [2.05, 4.69) is 24.1 Å². The van der Waals surface area contributed by atoms with Crippen LogP contribution in [0, 0.1) is 6.92 Å². The molecule has 3 heterocycles. The molecule has 2 aromatic heterocycles. The molecular weight excluding hydrogens is 250 g/mol. The molecule has 0 aromatic carbocycles. The van der Waals surface area contributed by atoms with E-state index in [1.165, 1.54) is 11.5 Å². The summed E-state index contributed by atoms with van der Waals surface area (Å²) >= 11 is 1.46. The first-order chi connectivity index (χ1) is 8.81. The number of oxazole rings is 1. The van der Waals surface area contributed by atoms with Crippen LogP contribution in [0.25, 0.3) is 0 Å². The predicted octanol–water partition coefficient (Wildman–Crippen LogP) is 1.16. The monoisotopic (exact) mass is 265 g/mol. The maximum absolute atomic E-state index is 5.50. The van der Waals surface area contributed by atoms with Gasteiger partial charge in [0.2, 0.25) is 5.13 Å². The molecule has 0 N–H and O–H groups in total. The summed E-state index contributed by atoms with van der Waals surface area (Å²) in [4.78, 5) is 13.0. The lowest BCUT2D eigenvalue weighted by molar-refractivity contribution is 0.229. The summed E-state index contributed by atoms with van der Waals surface area (Å²) in [6.07, 6.45) is 3.43. The lowest BCUT2D eigenvalue weighted by Crippen LogP contribution is -2.45. The van der Waals surface area contributed by atoms with Gasteiger partial charge in [-0.05, 0) is 0 Å². The Morgan fingerprint density at radius 1 is 1.28 bits per heavy atom. The van der Waals surface area contributed by atoms with E-state index in [-0.39, 0.29) is 0 Å². The molecule has 3 rings (SSSR count). The zero-order valence-electron chi connectivity index (χ0n) is 10.2. The topological polar surface area (TPSA) is 58.3 Å². The Kier molecular flexibility index (Phi) is 3.24. The van der Waals surface area contributed by atoms with Crippen LogP contribution >= 0.6 is 11.5 Å². The average Bonchev–Trinajstić information content (AvgIpc) is 3.02. The summed E-state index contributed by atoms with van der Waals surface area (Å²) in [7, 11) is 0. The number of aromatic nitrogens is 3. The molecule has 0 radical (unpaired) electrons. The molecule has 0 atom stereocenters. The molecule has 7 heteroatoms. The van der Waals surface area contributed by atoms with Crippen molar-refractivity contribution in [2.24, 2.45) is 0 Å². The Bertz CT molecular complexity index is 489. The van der Waals surface area contributed by atoms with Gasteiger partial charge in [-0.25, -0.2) is 9.97 Å². The second-order valence-corrected chi connectivity index (χ2v) is 5.09. The summed E-state index contributed by atoms with van der Waals surface area (Å²) in [6.45, 7) is 6.71. The van der Waals surface area contributed by atoms with Crippen molar-refractivity contribution in [1.29, 1.82) is 0 Å². The smallest absolute Gasteiger partial charge is 0.205 e. The fraction of sp³-hybridized carbons (Fsp3) is 0.545. The second-order valence-electron chi connectivity index (χ2n) is 4.33. The van der Waals surface area contributed by atoms with Gasteiger partial charge < -0.3 is 9.32 Å². The zero-order chi connectivity index (χ0) is 12.4. The summed E-state index contributed by atoms with van der Waals surface area (Å²) in [5, 5.41) is 1.02. The molecule has 0 bridgehead atoms. The first kappa shape index (κ1) is 11.6. The molecule has 6 nitrogen and oxygen atoms in total. The van der Waals surface area contributed by atoms with Crippen LogP contribution in [0.2, 0.25) is 0 Å². The average molecular weight is 265 g/mol. The van der Waals surface area contributed by atoms with Gasteiger partial charge in [-0.3, -0.25) is 4.90 Å². The lowest BCUT2D eigenvalue weighted by atomic mass is 10.3.